The van der Waals surface area contributed by atoms with Crippen LogP contribution in [0.3, 0.4) is 0 Å². The van der Waals surface area contributed by atoms with E-state index in [0.29, 0.717) is 16.8 Å². The van der Waals surface area contributed by atoms with Gasteiger partial charge in [-0.1, -0.05) is 29.4 Å². The van der Waals surface area contributed by atoms with Gasteiger partial charge >= 0.3 is 0 Å². The van der Waals surface area contributed by atoms with Crippen molar-refractivity contribution >= 4 is 17.1 Å². The maximum absolute atomic E-state index is 10.9. The van der Waals surface area contributed by atoms with E-state index in [-0.39, 0.29) is 11.4 Å². The van der Waals surface area contributed by atoms with E-state index in [1.807, 2.05) is 18.2 Å². The molecule has 0 fully saturated rings. The average Bonchev–Trinajstić information content (AvgIpc) is 2.70. The molecule has 0 radical (unpaired) electrons. The number of nitrogens with two attached hydrogens (primary N) is 1. The molecule has 6 heteroatoms. The monoisotopic (exact) mass is 255 g/mol. The van der Waals surface area contributed by atoms with Crippen LogP contribution in [0.15, 0.2) is 41.6 Å². The molecule has 0 heterocycles. The predicted octanol–water partition coefficient (Wildman–Crippen LogP) is 2.38. The summed E-state index contributed by atoms with van der Waals surface area (Å²) in [4.78, 5) is 10.4. The minimum Gasteiger partial charge on any atom is -0.410 e. The van der Waals surface area contributed by atoms with Gasteiger partial charge < -0.3 is 10.9 Å². The molecule has 94 valence electrons. The molecule has 6 nitrogen and oxygen atoms in total. The fourth-order valence-corrected chi connectivity index (χ4v) is 2.36. The molecule has 0 amide bonds. The number of oxime groups is 1. The van der Waals surface area contributed by atoms with Crippen LogP contribution in [-0.2, 0) is 0 Å². The number of nitrogen functional groups attached to an aromatic ring is 1. The molecule has 0 aromatic heterocycles. The molecule has 1 aliphatic carbocycles. The van der Waals surface area contributed by atoms with Gasteiger partial charge in [0.2, 0.25) is 0 Å². The van der Waals surface area contributed by atoms with Gasteiger partial charge in [-0.15, -0.1) is 0 Å². The lowest BCUT2D eigenvalue weighted by molar-refractivity contribution is -0.383. The van der Waals surface area contributed by atoms with Crippen LogP contribution in [0.1, 0.15) is 11.1 Å². The van der Waals surface area contributed by atoms with Crippen molar-refractivity contribution in [2.45, 2.75) is 0 Å². The fourth-order valence-electron chi connectivity index (χ4n) is 2.36. The molecule has 3 rings (SSSR count). The fraction of sp³-hybridized carbons (Fsp3) is 0. The predicted molar refractivity (Wildman–Crippen MR) is 70.4 cm³/mol. The lowest BCUT2D eigenvalue weighted by Gasteiger charge is -2.02. The molecule has 0 spiro atoms. The summed E-state index contributed by atoms with van der Waals surface area (Å²) >= 11 is 0. The number of hydrogen-bond donors (Lipinski definition) is 2. The van der Waals surface area contributed by atoms with Crippen molar-refractivity contribution in [1.29, 1.82) is 0 Å². The summed E-state index contributed by atoms with van der Waals surface area (Å²) in [7, 11) is 0. The molecule has 0 saturated carbocycles. The Morgan fingerprint density at radius 2 is 1.79 bits per heavy atom. The molecule has 0 atom stereocenters. The van der Waals surface area contributed by atoms with Crippen LogP contribution >= 0.6 is 0 Å². The van der Waals surface area contributed by atoms with Crippen LogP contribution in [0.2, 0.25) is 0 Å². The van der Waals surface area contributed by atoms with Crippen molar-refractivity contribution in [3.8, 4) is 11.1 Å². The van der Waals surface area contributed by atoms with Crippen LogP contribution in [-0.4, -0.2) is 15.8 Å². The number of fused-ring (bicyclic) bond motifs is 3. The van der Waals surface area contributed by atoms with E-state index in [4.69, 9.17) is 10.9 Å². The smallest absolute Gasteiger partial charge is 0.292 e. The van der Waals surface area contributed by atoms with Crippen LogP contribution in [0, 0.1) is 10.1 Å². The highest BCUT2D eigenvalue weighted by Crippen LogP contribution is 2.41. The Morgan fingerprint density at radius 1 is 1.11 bits per heavy atom. The minimum absolute atomic E-state index is 0.0534. The lowest BCUT2D eigenvalue weighted by Crippen LogP contribution is -2.01. The molecular weight excluding hydrogens is 246 g/mol. The summed E-state index contributed by atoms with van der Waals surface area (Å²) < 4.78 is 0. The molecule has 19 heavy (non-hydrogen) atoms. The number of nitrogens with zero attached hydrogens (tertiary/aromatic N) is 2. The topological polar surface area (TPSA) is 102 Å². The van der Waals surface area contributed by atoms with E-state index in [1.165, 1.54) is 12.1 Å². The highest BCUT2D eigenvalue weighted by molar-refractivity contribution is 6.24. The Labute approximate surface area is 107 Å². The summed E-state index contributed by atoms with van der Waals surface area (Å²) in [5.74, 6) is 0. The van der Waals surface area contributed by atoms with Crippen LogP contribution < -0.4 is 5.73 Å². The number of hydrogen-bond acceptors (Lipinski definition) is 5. The number of benzene rings is 2. The molecular formula is C13H9N3O3. The maximum Gasteiger partial charge on any atom is 0.292 e. The van der Waals surface area contributed by atoms with Crippen molar-refractivity contribution in [3.05, 3.63) is 57.6 Å². The Bertz CT molecular complexity index is 738. The van der Waals surface area contributed by atoms with Gasteiger partial charge in [0.25, 0.3) is 5.69 Å². The van der Waals surface area contributed by atoms with E-state index >= 15 is 0 Å². The third-order valence-electron chi connectivity index (χ3n) is 3.19. The second-order valence-electron chi connectivity index (χ2n) is 4.21. The highest BCUT2D eigenvalue weighted by Gasteiger charge is 2.28. The first kappa shape index (κ1) is 11.2. The zero-order valence-corrected chi connectivity index (χ0v) is 9.70. The first-order valence-electron chi connectivity index (χ1n) is 5.53. The minimum atomic E-state index is -0.522. The number of nitro groups is 1. The molecule has 0 saturated heterocycles. The van der Waals surface area contributed by atoms with E-state index in [0.717, 1.165) is 11.1 Å². The number of rotatable bonds is 1. The van der Waals surface area contributed by atoms with Crippen LogP contribution in [0.5, 0.6) is 0 Å². The molecule has 2 aromatic rings. The SMILES string of the molecule is Nc1cc2c(cc1[N+](=O)[O-])-c1ccccc1/C2=N/O. The first-order valence-corrected chi connectivity index (χ1v) is 5.53. The van der Waals surface area contributed by atoms with Gasteiger partial charge in [-0.2, -0.15) is 0 Å². The quantitative estimate of drug-likeness (QED) is 0.301. The number of anilines is 1. The van der Waals surface area contributed by atoms with Crippen molar-refractivity contribution < 1.29 is 10.1 Å². The van der Waals surface area contributed by atoms with Crippen molar-refractivity contribution in [2.75, 3.05) is 5.73 Å². The van der Waals surface area contributed by atoms with Gasteiger partial charge in [0.15, 0.2) is 0 Å². The molecule has 3 N–H and O–H groups in total. The second kappa shape index (κ2) is 3.81. The van der Waals surface area contributed by atoms with Crippen LogP contribution in [0.25, 0.3) is 11.1 Å². The largest absolute Gasteiger partial charge is 0.410 e. The van der Waals surface area contributed by atoms with Gasteiger partial charge in [-0.25, -0.2) is 0 Å². The number of nitro benzene ring substituents is 1. The normalized spacial score (nSPS) is 14.2. The Hall–Kier alpha value is -2.89. The lowest BCUT2D eigenvalue weighted by atomic mass is 10.0. The van der Waals surface area contributed by atoms with E-state index < -0.39 is 4.92 Å². The molecule has 2 aromatic carbocycles. The summed E-state index contributed by atoms with van der Waals surface area (Å²) in [5, 5.41) is 23.3. The van der Waals surface area contributed by atoms with Crippen LogP contribution in [0.4, 0.5) is 11.4 Å². The Balaban J connectivity index is 2.37. The van der Waals surface area contributed by atoms with Crippen molar-refractivity contribution in [3.63, 3.8) is 0 Å². The highest BCUT2D eigenvalue weighted by atomic mass is 16.6. The summed E-state index contributed by atoms with van der Waals surface area (Å²) in [6.07, 6.45) is 0. The Morgan fingerprint density at radius 3 is 2.42 bits per heavy atom. The van der Waals surface area contributed by atoms with E-state index in [2.05, 4.69) is 5.16 Å². The first-order chi connectivity index (χ1) is 9.13. The molecule has 1 aliphatic rings. The third-order valence-corrected chi connectivity index (χ3v) is 3.19. The second-order valence-corrected chi connectivity index (χ2v) is 4.21. The Kier molecular flexibility index (Phi) is 2.25. The molecule has 0 aliphatic heterocycles. The van der Waals surface area contributed by atoms with E-state index in [9.17, 15) is 10.1 Å². The summed E-state index contributed by atoms with van der Waals surface area (Å²) in [6, 6.07) is 10.2. The van der Waals surface area contributed by atoms with E-state index in [1.54, 1.807) is 6.07 Å². The van der Waals surface area contributed by atoms with Crippen molar-refractivity contribution in [1.82, 2.24) is 0 Å². The average molecular weight is 255 g/mol. The van der Waals surface area contributed by atoms with Gasteiger partial charge in [0, 0.05) is 17.2 Å². The van der Waals surface area contributed by atoms with Gasteiger partial charge in [-0.3, -0.25) is 10.1 Å². The zero-order valence-electron chi connectivity index (χ0n) is 9.70. The van der Waals surface area contributed by atoms with Gasteiger partial charge in [-0.05, 0) is 17.2 Å². The zero-order chi connectivity index (χ0) is 13.6. The van der Waals surface area contributed by atoms with Crippen molar-refractivity contribution in [2.24, 2.45) is 5.16 Å². The maximum atomic E-state index is 10.9. The third kappa shape index (κ3) is 1.46. The standard InChI is InChI=1S/C13H9N3O3/c14-11-5-10-9(6-12(11)16(18)19)7-3-1-2-4-8(7)13(10)15-17/h1-6,17H,14H2/b15-13-. The molecule has 0 bridgehead atoms. The van der Waals surface area contributed by atoms with Gasteiger partial charge in [0.1, 0.15) is 11.4 Å². The summed E-state index contributed by atoms with van der Waals surface area (Å²) in [6.45, 7) is 0. The van der Waals surface area contributed by atoms with Gasteiger partial charge in [0.05, 0.1) is 4.92 Å². The molecule has 0 unspecified atom stereocenters. The summed E-state index contributed by atoms with van der Waals surface area (Å²) in [5.41, 5.74) is 8.75.